The van der Waals surface area contributed by atoms with Crippen LogP contribution in [0.5, 0.6) is 0 Å². The summed E-state index contributed by atoms with van der Waals surface area (Å²) in [6, 6.07) is 6.43. The summed E-state index contributed by atoms with van der Waals surface area (Å²) in [5, 5.41) is 0.410. The van der Waals surface area contributed by atoms with Crippen molar-refractivity contribution in [3.63, 3.8) is 0 Å². The highest BCUT2D eigenvalue weighted by atomic mass is 35.5. The van der Waals surface area contributed by atoms with E-state index in [1.165, 1.54) is 0 Å². The molecular formula is C16H20ClNO3. The van der Waals surface area contributed by atoms with Crippen molar-refractivity contribution in [3.05, 3.63) is 34.9 Å². The summed E-state index contributed by atoms with van der Waals surface area (Å²) in [7, 11) is 0. The van der Waals surface area contributed by atoms with E-state index >= 15 is 0 Å². The van der Waals surface area contributed by atoms with E-state index in [4.69, 9.17) is 16.3 Å². The number of nitrogens with zero attached hydrogens (tertiary/aromatic N) is 1. The van der Waals surface area contributed by atoms with Gasteiger partial charge in [0.25, 0.3) is 5.91 Å². The number of halogens is 1. The van der Waals surface area contributed by atoms with Crippen LogP contribution in [0.3, 0.4) is 0 Å². The largest absolute Gasteiger partial charge is 0.464 e. The second kappa shape index (κ2) is 7.46. The number of unbranched alkanes of at least 4 members (excludes halogenated alkanes) is 1. The lowest BCUT2D eigenvalue weighted by atomic mass is 10.1. The zero-order chi connectivity index (χ0) is 15.2. The standard InChI is InChI=1S/C16H20ClNO3/c1-2-3-11-21-16(20)14-9-6-10-18(14)15(19)12-7-4-5-8-13(12)17/h4-5,7-8,14H,2-3,6,9-11H2,1H3. The van der Waals surface area contributed by atoms with Gasteiger partial charge in [0.05, 0.1) is 17.2 Å². The Morgan fingerprint density at radius 1 is 1.38 bits per heavy atom. The zero-order valence-electron chi connectivity index (χ0n) is 12.2. The number of likely N-dealkylation sites (tertiary alicyclic amines) is 1. The van der Waals surface area contributed by atoms with Crippen LogP contribution >= 0.6 is 11.6 Å². The van der Waals surface area contributed by atoms with Gasteiger partial charge >= 0.3 is 5.97 Å². The van der Waals surface area contributed by atoms with Gasteiger partial charge in [0, 0.05) is 6.54 Å². The molecule has 0 radical (unpaired) electrons. The van der Waals surface area contributed by atoms with Gasteiger partial charge in [-0.3, -0.25) is 4.79 Å². The Hall–Kier alpha value is -1.55. The van der Waals surface area contributed by atoms with Crippen molar-refractivity contribution in [1.29, 1.82) is 0 Å². The second-order valence-corrected chi connectivity index (χ2v) is 5.56. The molecule has 1 fully saturated rings. The van der Waals surface area contributed by atoms with Gasteiger partial charge in [-0.1, -0.05) is 37.1 Å². The molecule has 1 aliphatic heterocycles. The van der Waals surface area contributed by atoms with Crippen LogP contribution in [0, 0.1) is 0 Å². The average Bonchev–Trinajstić information content (AvgIpc) is 2.96. The summed E-state index contributed by atoms with van der Waals surface area (Å²) in [5.74, 6) is -0.503. The van der Waals surface area contributed by atoms with Crippen LogP contribution in [0.15, 0.2) is 24.3 Å². The monoisotopic (exact) mass is 309 g/mol. The van der Waals surface area contributed by atoms with Gasteiger partial charge in [-0.05, 0) is 31.4 Å². The molecule has 0 aliphatic carbocycles. The quantitative estimate of drug-likeness (QED) is 0.619. The Labute approximate surface area is 130 Å². The number of esters is 1. The molecule has 0 spiro atoms. The second-order valence-electron chi connectivity index (χ2n) is 5.16. The number of benzene rings is 1. The molecule has 4 nitrogen and oxygen atoms in total. The summed E-state index contributed by atoms with van der Waals surface area (Å²) >= 11 is 6.06. The highest BCUT2D eigenvalue weighted by Gasteiger charge is 2.36. The molecule has 1 aliphatic rings. The van der Waals surface area contributed by atoms with Gasteiger partial charge in [0.1, 0.15) is 6.04 Å². The Balaban J connectivity index is 2.06. The third kappa shape index (κ3) is 3.76. The molecule has 2 rings (SSSR count). The van der Waals surface area contributed by atoms with Gasteiger partial charge in [-0.2, -0.15) is 0 Å². The highest BCUT2D eigenvalue weighted by Crippen LogP contribution is 2.24. The lowest BCUT2D eigenvalue weighted by Crippen LogP contribution is -2.41. The molecule has 1 atom stereocenters. The van der Waals surface area contributed by atoms with Crippen LogP contribution in [0.2, 0.25) is 5.02 Å². The van der Waals surface area contributed by atoms with E-state index in [-0.39, 0.29) is 11.9 Å². The Bertz CT molecular complexity index is 518. The molecule has 1 amide bonds. The number of carbonyl (C=O) groups excluding carboxylic acids is 2. The number of hydrogen-bond acceptors (Lipinski definition) is 3. The molecule has 5 heteroatoms. The SMILES string of the molecule is CCCCOC(=O)C1CCCN1C(=O)c1ccccc1Cl. The van der Waals surface area contributed by atoms with E-state index in [9.17, 15) is 9.59 Å². The molecule has 0 N–H and O–H groups in total. The molecule has 1 aromatic rings. The minimum Gasteiger partial charge on any atom is -0.464 e. The predicted molar refractivity (Wildman–Crippen MR) is 81.4 cm³/mol. The highest BCUT2D eigenvalue weighted by molar-refractivity contribution is 6.33. The minimum atomic E-state index is -0.481. The summed E-state index contributed by atoms with van der Waals surface area (Å²) in [6.07, 6.45) is 3.28. The van der Waals surface area contributed by atoms with E-state index in [0.29, 0.717) is 30.2 Å². The van der Waals surface area contributed by atoms with Crippen molar-refractivity contribution in [2.75, 3.05) is 13.2 Å². The Morgan fingerprint density at radius 3 is 2.86 bits per heavy atom. The lowest BCUT2D eigenvalue weighted by Gasteiger charge is -2.23. The average molecular weight is 310 g/mol. The fraction of sp³-hybridized carbons (Fsp3) is 0.500. The summed E-state index contributed by atoms with van der Waals surface area (Å²) < 4.78 is 5.25. The van der Waals surface area contributed by atoms with Crippen LogP contribution in [0.1, 0.15) is 43.0 Å². The fourth-order valence-corrected chi connectivity index (χ4v) is 2.67. The normalized spacial score (nSPS) is 17.8. The first-order chi connectivity index (χ1) is 10.1. The van der Waals surface area contributed by atoms with Gasteiger partial charge in [0.15, 0.2) is 0 Å². The number of carbonyl (C=O) groups is 2. The van der Waals surface area contributed by atoms with Gasteiger partial charge < -0.3 is 9.64 Å². The molecule has 1 aromatic carbocycles. The molecule has 1 unspecified atom stereocenters. The molecule has 1 heterocycles. The Kier molecular flexibility index (Phi) is 5.62. The number of hydrogen-bond donors (Lipinski definition) is 0. The predicted octanol–water partition coefficient (Wildman–Crippen LogP) is 3.29. The van der Waals surface area contributed by atoms with Crippen molar-refractivity contribution < 1.29 is 14.3 Å². The van der Waals surface area contributed by atoms with Crippen molar-refractivity contribution in [3.8, 4) is 0 Å². The van der Waals surface area contributed by atoms with Crippen LogP contribution in [0.4, 0.5) is 0 Å². The first-order valence-corrected chi connectivity index (χ1v) is 7.75. The van der Waals surface area contributed by atoms with Crippen molar-refractivity contribution in [2.24, 2.45) is 0 Å². The maximum Gasteiger partial charge on any atom is 0.328 e. The Morgan fingerprint density at radius 2 is 2.14 bits per heavy atom. The first-order valence-electron chi connectivity index (χ1n) is 7.37. The third-order valence-electron chi connectivity index (χ3n) is 3.63. The van der Waals surface area contributed by atoms with Gasteiger partial charge in [0.2, 0.25) is 0 Å². The van der Waals surface area contributed by atoms with E-state index in [1.54, 1.807) is 29.2 Å². The number of ether oxygens (including phenoxy) is 1. The summed E-state index contributed by atoms with van der Waals surface area (Å²) in [4.78, 5) is 26.2. The van der Waals surface area contributed by atoms with E-state index in [0.717, 1.165) is 19.3 Å². The lowest BCUT2D eigenvalue weighted by molar-refractivity contribution is -0.148. The maximum atomic E-state index is 12.5. The van der Waals surface area contributed by atoms with Crippen LogP contribution < -0.4 is 0 Å². The summed E-state index contributed by atoms with van der Waals surface area (Å²) in [5.41, 5.74) is 0.437. The van der Waals surface area contributed by atoms with Crippen molar-refractivity contribution in [1.82, 2.24) is 4.90 Å². The van der Waals surface area contributed by atoms with E-state index < -0.39 is 6.04 Å². The van der Waals surface area contributed by atoms with E-state index in [1.807, 2.05) is 6.92 Å². The molecule has 0 aromatic heterocycles. The molecule has 0 saturated carbocycles. The number of rotatable bonds is 5. The first kappa shape index (κ1) is 15.8. The van der Waals surface area contributed by atoms with Gasteiger partial charge in [-0.15, -0.1) is 0 Å². The number of amides is 1. The summed E-state index contributed by atoms with van der Waals surface area (Å²) in [6.45, 7) is 3.02. The molecule has 1 saturated heterocycles. The maximum absolute atomic E-state index is 12.5. The molecular weight excluding hydrogens is 290 g/mol. The zero-order valence-corrected chi connectivity index (χ0v) is 12.9. The minimum absolute atomic E-state index is 0.199. The van der Waals surface area contributed by atoms with Gasteiger partial charge in [-0.25, -0.2) is 4.79 Å². The fourth-order valence-electron chi connectivity index (χ4n) is 2.46. The molecule has 114 valence electrons. The van der Waals surface area contributed by atoms with Crippen molar-refractivity contribution in [2.45, 2.75) is 38.6 Å². The van der Waals surface area contributed by atoms with Crippen LogP contribution in [-0.4, -0.2) is 36.0 Å². The topological polar surface area (TPSA) is 46.6 Å². The molecule has 21 heavy (non-hydrogen) atoms. The molecule has 0 bridgehead atoms. The van der Waals surface area contributed by atoms with Crippen LogP contribution in [0.25, 0.3) is 0 Å². The van der Waals surface area contributed by atoms with Crippen molar-refractivity contribution >= 4 is 23.5 Å². The van der Waals surface area contributed by atoms with Crippen LogP contribution in [-0.2, 0) is 9.53 Å². The smallest absolute Gasteiger partial charge is 0.328 e. The third-order valence-corrected chi connectivity index (χ3v) is 3.96. The van der Waals surface area contributed by atoms with E-state index in [2.05, 4.69) is 0 Å².